The van der Waals surface area contributed by atoms with Gasteiger partial charge in [0.2, 0.25) is 5.91 Å². The molecule has 0 fully saturated rings. The first-order valence-electron chi connectivity index (χ1n) is 5.82. The van der Waals surface area contributed by atoms with Crippen molar-refractivity contribution in [3.05, 3.63) is 39.9 Å². The van der Waals surface area contributed by atoms with Gasteiger partial charge in [0.05, 0.1) is 4.92 Å². The minimum atomic E-state index is -0.434. The van der Waals surface area contributed by atoms with Crippen molar-refractivity contribution >= 4 is 11.6 Å². The van der Waals surface area contributed by atoms with Crippen LogP contribution in [0.3, 0.4) is 0 Å². The number of hydrogen-bond donors (Lipinski definition) is 1. The van der Waals surface area contributed by atoms with E-state index in [2.05, 4.69) is 5.32 Å². The Bertz CT molecular complexity index is 433. The van der Waals surface area contributed by atoms with E-state index < -0.39 is 4.92 Å². The smallest absolute Gasteiger partial charge is 0.269 e. The fraction of sp³-hybridized carbons (Fsp3) is 0.462. The van der Waals surface area contributed by atoms with Crippen molar-refractivity contribution in [3.8, 4) is 0 Å². The molecule has 0 radical (unpaired) electrons. The van der Waals surface area contributed by atoms with Crippen LogP contribution in [0.2, 0.25) is 0 Å². The molecular weight excluding hydrogens is 232 g/mol. The zero-order valence-corrected chi connectivity index (χ0v) is 10.9. The fourth-order valence-corrected chi connectivity index (χ4v) is 1.52. The fourth-order valence-electron chi connectivity index (χ4n) is 1.52. The number of nitrogens with zero attached hydrogens (tertiary/aromatic N) is 1. The third-order valence-electron chi connectivity index (χ3n) is 2.30. The number of nitro benzene ring substituents is 1. The number of hydrogen-bond acceptors (Lipinski definition) is 3. The van der Waals surface area contributed by atoms with Gasteiger partial charge >= 0.3 is 0 Å². The molecule has 1 aromatic carbocycles. The number of rotatable bonds is 4. The molecule has 0 heterocycles. The van der Waals surface area contributed by atoms with Crippen LogP contribution < -0.4 is 5.32 Å². The minimum absolute atomic E-state index is 0.0131. The molecule has 0 spiro atoms. The van der Waals surface area contributed by atoms with Gasteiger partial charge in [-0.2, -0.15) is 0 Å². The summed E-state index contributed by atoms with van der Waals surface area (Å²) >= 11 is 0. The zero-order chi connectivity index (χ0) is 13.8. The SMILES string of the molecule is CC(C)(C)NC(=O)CCc1ccc([N+](=O)[O-])cc1. The lowest BCUT2D eigenvalue weighted by atomic mass is 10.1. The second-order valence-electron chi connectivity index (χ2n) is 5.22. The van der Waals surface area contributed by atoms with Gasteiger partial charge in [-0.25, -0.2) is 0 Å². The first kappa shape index (κ1) is 14.2. The largest absolute Gasteiger partial charge is 0.351 e. The van der Waals surface area contributed by atoms with Crippen LogP contribution in [-0.4, -0.2) is 16.4 Å². The molecule has 1 rings (SSSR count). The molecular formula is C13H18N2O3. The highest BCUT2D eigenvalue weighted by Gasteiger charge is 2.13. The molecule has 0 saturated carbocycles. The number of non-ortho nitro benzene ring substituents is 1. The van der Waals surface area contributed by atoms with E-state index in [0.29, 0.717) is 12.8 Å². The Labute approximate surface area is 106 Å². The molecule has 0 bridgehead atoms. The van der Waals surface area contributed by atoms with Gasteiger partial charge in [-0.05, 0) is 32.8 Å². The maximum Gasteiger partial charge on any atom is 0.269 e. The van der Waals surface area contributed by atoms with E-state index in [1.165, 1.54) is 12.1 Å². The molecule has 0 aliphatic rings. The topological polar surface area (TPSA) is 72.2 Å². The maximum atomic E-state index is 11.6. The molecule has 5 nitrogen and oxygen atoms in total. The molecule has 18 heavy (non-hydrogen) atoms. The Morgan fingerprint density at radius 3 is 2.28 bits per heavy atom. The highest BCUT2D eigenvalue weighted by molar-refractivity contribution is 5.76. The predicted octanol–water partition coefficient (Wildman–Crippen LogP) is 2.44. The molecule has 5 heteroatoms. The highest BCUT2D eigenvalue weighted by atomic mass is 16.6. The number of carbonyl (C=O) groups is 1. The van der Waals surface area contributed by atoms with Gasteiger partial charge in [0.25, 0.3) is 5.69 Å². The van der Waals surface area contributed by atoms with E-state index in [1.807, 2.05) is 20.8 Å². The molecule has 98 valence electrons. The first-order valence-corrected chi connectivity index (χ1v) is 5.82. The summed E-state index contributed by atoms with van der Waals surface area (Å²) in [5.41, 5.74) is 0.759. The standard InChI is InChI=1S/C13H18N2O3/c1-13(2,3)14-12(16)9-6-10-4-7-11(8-5-10)15(17)18/h4-5,7-8H,6,9H2,1-3H3,(H,14,16). The second-order valence-corrected chi connectivity index (χ2v) is 5.22. The maximum absolute atomic E-state index is 11.6. The van der Waals surface area contributed by atoms with Crippen LogP contribution in [0.25, 0.3) is 0 Å². The number of aryl methyl sites for hydroxylation is 1. The number of nitrogens with one attached hydrogen (secondary N) is 1. The number of nitro groups is 1. The van der Waals surface area contributed by atoms with Crippen LogP contribution in [0.1, 0.15) is 32.8 Å². The lowest BCUT2D eigenvalue weighted by Gasteiger charge is -2.20. The van der Waals surface area contributed by atoms with Crippen molar-refractivity contribution in [1.82, 2.24) is 5.32 Å². The Morgan fingerprint density at radius 1 is 1.28 bits per heavy atom. The summed E-state index contributed by atoms with van der Waals surface area (Å²) in [6.07, 6.45) is 0.967. The Hall–Kier alpha value is -1.91. The summed E-state index contributed by atoms with van der Waals surface area (Å²) in [6.45, 7) is 5.78. The van der Waals surface area contributed by atoms with Crippen LogP contribution in [0.5, 0.6) is 0 Å². The van der Waals surface area contributed by atoms with Crippen molar-refractivity contribution in [2.45, 2.75) is 39.2 Å². The van der Waals surface area contributed by atoms with E-state index in [0.717, 1.165) is 5.56 Å². The van der Waals surface area contributed by atoms with E-state index in [1.54, 1.807) is 12.1 Å². The quantitative estimate of drug-likeness (QED) is 0.659. The molecule has 0 saturated heterocycles. The van der Waals surface area contributed by atoms with Crippen LogP contribution in [-0.2, 0) is 11.2 Å². The summed E-state index contributed by atoms with van der Waals surface area (Å²) in [6, 6.07) is 6.28. The predicted molar refractivity (Wildman–Crippen MR) is 69.3 cm³/mol. The van der Waals surface area contributed by atoms with Gasteiger partial charge in [0.1, 0.15) is 0 Å². The van der Waals surface area contributed by atoms with Gasteiger partial charge < -0.3 is 5.32 Å². The van der Waals surface area contributed by atoms with Crippen LogP contribution in [0.4, 0.5) is 5.69 Å². The lowest BCUT2D eigenvalue weighted by Crippen LogP contribution is -2.40. The molecule has 0 aliphatic carbocycles. The highest BCUT2D eigenvalue weighted by Crippen LogP contribution is 2.13. The van der Waals surface area contributed by atoms with Crippen molar-refractivity contribution < 1.29 is 9.72 Å². The van der Waals surface area contributed by atoms with Crippen LogP contribution >= 0.6 is 0 Å². The van der Waals surface area contributed by atoms with E-state index in [-0.39, 0.29) is 17.1 Å². The van der Waals surface area contributed by atoms with Gasteiger partial charge in [0, 0.05) is 24.1 Å². The van der Waals surface area contributed by atoms with Gasteiger partial charge in [-0.15, -0.1) is 0 Å². The lowest BCUT2D eigenvalue weighted by molar-refractivity contribution is -0.384. The van der Waals surface area contributed by atoms with Crippen LogP contribution in [0, 0.1) is 10.1 Å². The number of benzene rings is 1. The Kier molecular flexibility index (Phi) is 4.42. The summed E-state index contributed by atoms with van der Waals surface area (Å²) in [5, 5.41) is 13.3. The monoisotopic (exact) mass is 250 g/mol. The van der Waals surface area contributed by atoms with Gasteiger partial charge in [-0.1, -0.05) is 12.1 Å². The molecule has 0 aliphatic heterocycles. The van der Waals surface area contributed by atoms with Crippen molar-refractivity contribution in [3.63, 3.8) is 0 Å². The third-order valence-corrected chi connectivity index (χ3v) is 2.30. The van der Waals surface area contributed by atoms with Crippen molar-refractivity contribution in [2.75, 3.05) is 0 Å². The summed E-state index contributed by atoms with van der Waals surface area (Å²) < 4.78 is 0. The van der Waals surface area contributed by atoms with Gasteiger partial charge in [0.15, 0.2) is 0 Å². The number of amides is 1. The average Bonchev–Trinajstić information content (AvgIpc) is 2.24. The van der Waals surface area contributed by atoms with Crippen LogP contribution in [0.15, 0.2) is 24.3 Å². The average molecular weight is 250 g/mol. The normalized spacial score (nSPS) is 11.1. The van der Waals surface area contributed by atoms with Crippen molar-refractivity contribution in [2.24, 2.45) is 0 Å². The second kappa shape index (κ2) is 5.62. The van der Waals surface area contributed by atoms with E-state index in [4.69, 9.17) is 0 Å². The minimum Gasteiger partial charge on any atom is -0.351 e. The van der Waals surface area contributed by atoms with E-state index >= 15 is 0 Å². The molecule has 1 N–H and O–H groups in total. The molecule has 0 aromatic heterocycles. The number of carbonyl (C=O) groups excluding carboxylic acids is 1. The summed E-state index contributed by atoms with van der Waals surface area (Å²) in [7, 11) is 0. The first-order chi connectivity index (χ1) is 8.28. The molecule has 0 unspecified atom stereocenters. The summed E-state index contributed by atoms with van der Waals surface area (Å²) in [5.74, 6) is -0.0131. The zero-order valence-electron chi connectivity index (χ0n) is 10.9. The van der Waals surface area contributed by atoms with E-state index in [9.17, 15) is 14.9 Å². The molecule has 1 aromatic rings. The van der Waals surface area contributed by atoms with Crippen molar-refractivity contribution in [1.29, 1.82) is 0 Å². The Balaban J connectivity index is 2.49. The molecule has 1 amide bonds. The molecule has 0 atom stereocenters. The Morgan fingerprint density at radius 2 is 1.83 bits per heavy atom. The summed E-state index contributed by atoms with van der Waals surface area (Å²) in [4.78, 5) is 21.6. The van der Waals surface area contributed by atoms with Gasteiger partial charge in [-0.3, -0.25) is 14.9 Å². The third kappa shape index (κ3) is 4.95.